The minimum atomic E-state index is 0.662. The van der Waals surface area contributed by atoms with E-state index in [4.69, 9.17) is 0 Å². The Morgan fingerprint density at radius 3 is 2.84 bits per heavy atom. The molecule has 0 aliphatic carbocycles. The summed E-state index contributed by atoms with van der Waals surface area (Å²) >= 11 is 1.81. The second-order valence-electron chi connectivity index (χ2n) is 5.16. The van der Waals surface area contributed by atoms with Crippen molar-refractivity contribution in [3.63, 3.8) is 0 Å². The van der Waals surface area contributed by atoms with Crippen LogP contribution in [0, 0.1) is 0 Å². The van der Waals surface area contributed by atoms with Gasteiger partial charge < -0.3 is 10.2 Å². The largest absolute Gasteiger partial charge is 0.308 e. The molecule has 4 heteroatoms. The fourth-order valence-electron chi connectivity index (χ4n) is 2.68. The van der Waals surface area contributed by atoms with Crippen LogP contribution in [0.4, 0.5) is 0 Å². The molecule has 3 nitrogen and oxygen atoms in total. The van der Waals surface area contributed by atoms with Gasteiger partial charge in [-0.05, 0) is 44.6 Å². The summed E-state index contributed by atoms with van der Waals surface area (Å²) in [6, 6.07) is 9.04. The molecule has 19 heavy (non-hydrogen) atoms. The van der Waals surface area contributed by atoms with Crippen molar-refractivity contribution in [1.82, 2.24) is 15.2 Å². The molecule has 1 aromatic heterocycles. The number of piperidine rings is 1. The molecule has 0 saturated carbocycles. The zero-order valence-electron chi connectivity index (χ0n) is 11.4. The number of benzene rings is 1. The van der Waals surface area contributed by atoms with Crippen LogP contribution in [0.1, 0.15) is 24.8 Å². The summed E-state index contributed by atoms with van der Waals surface area (Å²) in [5.74, 6) is 0. The van der Waals surface area contributed by atoms with Crippen LogP contribution >= 0.6 is 11.3 Å². The summed E-state index contributed by atoms with van der Waals surface area (Å²) in [5.41, 5.74) is 1.13. The first-order valence-electron chi connectivity index (χ1n) is 7.15. The van der Waals surface area contributed by atoms with Crippen LogP contribution in [0.5, 0.6) is 0 Å². The standard InChI is InChI=1S/C15H21N3S/c1-2-18-9-7-12(8-10-18)16-11-15-17-13-5-3-4-6-14(13)19-15/h3-6,12,16H,2,7-11H2,1H3. The second kappa shape index (κ2) is 5.99. The van der Waals surface area contributed by atoms with Crippen LogP contribution in [0.3, 0.4) is 0 Å². The van der Waals surface area contributed by atoms with Crippen molar-refractivity contribution < 1.29 is 0 Å². The molecule has 102 valence electrons. The smallest absolute Gasteiger partial charge is 0.108 e. The maximum Gasteiger partial charge on any atom is 0.108 e. The Labute approximate surface area is 118 Å². The Morgan fingerprint density at radius 2 is 2.11 bits per heavy atom. The predicted octanol–water partition coefficient (Wildman–Crippen LogP) is 2.87. The van der Waals surface area contributed by atoms with E-state index in [0.717, 1.165) is 12.1 Å². The number of aromatic nitrogens is 1. The van der Waals surface area contributed by atoms with Gasteiger partial charge in [-0.15, -0.1) is 11.3 Å². The number of hydrogen-bond acceptors (Lipinski definition) is 4. The fraction of sp³-hybridized carbons (Fsp3) is 0.533. The van der Waals surface area contributed by atoms with E-state index < -0.39 is 0 Å². The summed E-state index contributed by atoms with van der Waals surface area (Å²) in [5, 5.41) is 4.87. The highest BCUT2D eigenvalue weighted by Gasteiger charge is 2.17. The van der Waals surface area contributed by atoms with Crippen molar-refractivity contribution in [2.75, 3.05) is 19.6 Å². The molecule has 0 atom stereocenters. The molecule has 0 radical (unpaired) electrons. The quantitative estimate of drug-likeness (QED) is 0.930. The number of thiazole rings is 1. The molecule has 1 aromatic carbocycles. The Balaban J connectivity index is 1.55. The van der Waals surface area contributed by atoms with E-state index in [1.807, 2.05) is 0 Å². The summed E-state index contributed by atoms with van der Waals surface area (Å²) in [4.78, 5) is 7.20. The van der Waals surface area contributed by atoms with Gasteiger partial charge in [0.25, 0.3) is 0 Å². The SMILES string of the molecule is CCN1CCC(NCc2nc3ccccc3s2)CC1. The number of likely N-dealkylation sites (tertiary alicyclic amines) is 1. The van der Waals surface area contributed by atoms with Gasteiger partial charge in [0.2, 0.25) is 0 Å². The van der Waals surface area contributed by atoms with Crippen molar-refractivity contribution in [3.8, 4) is 0 Å². The summed E-state index contributed by atoms with van der Waals surface area (Å²) < 4.78 is 1.29. The van der Waals surface area contributed by atoms with Gasteiger partial charge in [0, 0.05) is 12.6 Å². The number of rotatable bonds is 4. The van der Waals surface area contributed by atoms with Gasteiger partial charge in [-0.2, -0.15) is 0 Å². The van der Waals surface area contributed by atoms with E-state index in [1.54, 1.807) is 11.3 Å². The lowest BCUT2D eigenvalue weighted by Crippen LogP contribution is -2.42. The van der Waals surface area contributed by atoms with Gasteiger partial charge >= 0.3 is 0 Å². The van der Waals surface area contributed by atoms with Crippen molar-refractivity contribution in [3.05, 3.63) is 29.3 Å². The first kappa shape index (κ1) is 13.0. The highest BCUT2D eigenvalue weighted by Crippen LogP contribution is 2.21. The lowest BCUT2D eigenvalue weighted by atomic mass is 10.1. The van der Waals surface area contributed by atoms with Crippen LogP contribution < -0.4 is 5.32 Å². The molecule has 1 aliphatic rings. The molecule has 1 saturated heterocycles. The Bertz CT molecular complexity index is 496. The lowest BCUT2D eigenvalue weighted by molar-refractivity contribution is 0.206. The molecule has 0 bridgehead atoms. The minimum Gasteiger partial charge on any atom is -0.308 e. The highest BCUT2D eigenvalue weighted by atomic mass is 32.1. The first-order valence-corrected chi connectivity index (χ1v) is 7.97. The summed E-state index contributed by atoms with van der Waals surface area (Å²) in [6.07, 6.45) is 2.53. The van der Waals surface area contributed by atoms with Crippen LogP contribution in [0.25, 0.3) is 10.2 Å². The highest BCUT2D eigenvalue weighted by molar-refractivity contribution is 7.18. The zero-order chi connectivity index (χ0) is 13.1. The van der Waals surface area contributed by atoms with Crippen LogP contribution in [0.15, 0.2) is 24.3 Å². The molecule has 0 amide bonds. The zero-order valence-corrected chi connectivity index (χ0v) is 12.2. The molecule has 0 unspecified atom stereocenters. The number of fused-ring (bicyclic) bond motifs is 1. The summed E-state index contributed by atoms with van der Waals surface area (Å²) in [6.45, 7) is 6.80. The van der Waals surface area contributed by atoms with Crippen molar-refractivity contribution in [1.29, 1.82) is 0 Å². The molecule has 0 spiro atoms. The molecular formula is C15H21N3S. The van der Waals surface area contributed by atoms with Gasteiger partial charge in [-0.1, -0.05) is 19.1 Å². The molecular weight excluding hydrogens is 254 g/mol. The van der Waals surface area contributed by atoms with E-state index in [0.29, 0.717) is 6.04 Å². The van der Waals surface area contributed by atoms with Gasteiger partial charge in [0.1, 0.15) is 5.01 Å². The van der Waals surface area contributed by atoms with Crippen molar-refractivity contribution >= 4 is 21.6 Å². The van der Waals surface area contributed by atoms with Gasteiger partial charge in [-0.25, -0.2) is 4.98 Å². The number of hydrogen-bond donors (Lipinski definition) is 1. The van der Waals surface area contributed by atoms with Gasteiger partial charge in [0.15, 0.2) is 0 Å². The third-order valence-electron chi connectivity index (χ3n) is 3.91. The number of nitrogens with one attached hydrogen (secondary N) is 1. The topological polar surface area (TPSA) is 28.2 Å². The van der Waals surface area contributed by atoms with Crippen LogP contribution in [-0.2, 0) is 6.54 Å². The molecule has 1 fully saturated rings. The van der Waals surface area contributed by atoms with Crippen molar-refractivity contribution in [2.24, 2.45) is 0 Å². The normalized spacial score (nSPS) is 18.2. The number of nitrogens with zero attached hydrogens (tertiary/aromatic N) is 2. The maximum absolute atomic E-state index is 4.67. The molecule has 3 rings (SSSR count). The van der Waals surface area contributed by atoms with E-state index in [2.05, 4.69) is 46.4 Å². The maximum atomic E-state index is 4.67. The Hall–Kier alpha value is -0.970. The van der Waals surface area contributed by atoms with E-state index in [1.165, 1.54) is 42.2 Å². The number of para-hydroxylation sites is 1. The van der Waals surface area contributed by atoms with Crippen LogP contribution in [0.2, 0.25) is 0 Å². The molecule has 2 aromatic rings. The predicted molar refractivity (Wildman–Crippen MR) is 81.6 cm³/mol. The van der Waals surface area contributed by atoms with E-state index in [-0.39, 0.29) is 0 Å². The molecule has 2 heterocycles. The fourth-order valence-corrected chi connectivity index (χ4v) is 3.60. The molecule has 1 N–H and O–H groups in total. The first-order chi connectivity index (χ1) is 9.35. The van der Waals surface area contributed by atoms with Crippen molar-refractivity contribution in [2.45, 2.75) is 32.4 Å². The summed E-state index contributed by atoms with van der Waals surface area (Å²) in [7, 11) is 0. The van der Waals surface area contributed by atoms with E-state index >= 15 is 0 Å². The Kier molecular flexibility index (Phi) is 4.11. The van der Waals surface area contributed by atoms with E-state index in [9.17, 15) is 0 Å². The van der Waals surface area contributed by atoms with Crippen LogP contribution in [-0.4, -0.2) is 35.6 Å². The monoisotopic (exact) mass is 275 g/mol. The van der Waals surface area contributed by atoms with Gasteiger partial charge in [-0.3, -0.25) is 0 Å². The lowest BCUT2D eigenvalue weighted by Gasteiger charge is -2.31. The third-order valence-corrected chi connectivity index (χ3v) is 4.95. The minimum absolute atomic E-state index is 0.662. The molecule has 1 aliphatic heterocycles. The average molecular weight is 275 g/mol. The Morgan fingerprint density at radius 1 is 1.32 bits per heavy atom. The third kappa shape index (κ3) is 3.14. The average Bonchev–Trinajstić information content (AvgIpc) is 2.88. The second-order valence-corrected chi connectivity index (χ2v) is 6.28. The van der Waals surface area contributed by atoms with Gasteiger partial charge in [0.05, 0.1) is 10.2 Å².